The van der Waals surface area contributed by atoms with E-state index in [1.165, 1.54) is 0 Å². The normalized spacial score (nSPS) is 10.0. The Morgan fingerprint density at radius 1 is 1.80 bits per heavy atom. The van der Waals surface area contributed by atoms with Crippen molar-refractivity contribution in [2.45, 2.75) is 13.8 Å². The van der Waals surface area contributed by atoms with Crippen LogP contribution in [0.15, 0.2) is 0 Å². The molecule has 5 heavy (non-hydrogen) atoms. The van der Waals surface area contributed by atoms with Crippen molar-refractivity contribution in [3.63, 3.8) is 0 Å². The first-order valence-corrected chi connectivity index (χ1v) is 1.93. The predicted octanol–water partition coefficient (Wildman–Crippen LogP) is -0.822. The molecule has 0 atom stereocenters. The molecule has 1 N–H and O–H groups in total. The number of hydrogen-bond donors (Lipinski definition) is 1. The van der Waals surface area contributed by atoms with Gasteiger partial charge in [-0.25, -0.2) is 0 Å². The van der Waals surface area contributed by atoms with Crippen LogP contribution in [-0.2, 0) is 0 Å². The first kappa shape index (κ1) is 4.67. The van der Waals surface area contributed by atoms with Crippen LogP contribution in [0.2, 0.25) is 0 Å². The van der Waals surface area contributed by atoms with Crippen molar-refractivity contribution in [2.24, 2.45) is 0 Å². The summed E-state index contributed by atoms with van der Waals surface area (Å²) in [4.78, 5) is 2.99. The zero-order valence-electron chi connectivity index (χ0n) is 3.78. The molecule has 1 heteroatoms. The lowest BCUT2D eigenvalue weighted by atomic mass is 11.2. The zero-order chi connectivity index (χ0) is 4.12. The lowest BCUT2D eigenvalue weighted by Crippen LogP contribution is -2.67. The highest BCUT2D eigenvalue weighted by Gasteiger charge is 1.59. The molecule has 0 saturated carbocycles. The van der Waals surface area contributed by atoms with Crippen molar-refractivity contribution < 1.29 is 4.99 Å². The molecule has 30 valence electrons. The van der Waals surface area contributed by atoms with E-state index >= 15 is 0 Å². The molecule has 0 saturated heterocycles. The quantitative estimate of drug-likeness (QED) is 0.309. The van der Waals surface area contributed by atoms with Crippen LogP contribution in [-0.4, -0.2) is 12.8 Å². The van der Waals surface area contributed by atoms with Crippen LogP contribution in [0.3, 0.4) is 0 Å². The molecule has 0 rings (SSSR count). The molecule has 0 aromatic rings. The van der Waals surface area contributed by atoms with Gasteiger partial charge in [0.15, 0.2) is 0 Å². The molecule has 0 unspecified atom stereocenters. The van der Waals surface area contributed by atoms with E-state index in [0.717, 1.165) is 6.54 Å². The Balaban J connectivity index is 2.62. The Morgan fingerprint density at radius 2 is 2.40 bits per heavy atom. The minimum Gasteiger partial charge on any atom is -0.252 e. The smallest absolute Gasteiger partial charge is 0.137 e. The van der Waals surface area contributed by atoms with E-state index in [-0.39, 0.29) is 0 Å². The summed E-state index contributed by atoms with van der Waals surface area (Å²) >= 11 is 0. The highest BCUT2D eigenvalue weighted by molar-refractivity contribution is 5.45. The van der Waals surface area contributed by atoms with Crippen LogP contribution in [0, 0.1) is 0 Å². The third kappa shape index (κ3) is 3.67. The Kier molecular flexibility index (Phi) is 3.43. The lowest BCUT2D eigenvalue weighted by molar-refractivity contribution is -0.447. The average molecular weight is 75.1 g/mol. The van der Waals surface area contributed by atoms with E-state index in [1.54, 1.807) is 0 Å². The van der Waals surface area contributed by atoms with Crippen molar-refractivity contribution in [1.29, 1.82) is 0 Å². The van der Waals surface area contributed by atoms with E-state index in [0.29, 0.717) is 0 Å². The van der Waals surface area contributed by atoms with Gasteiger partial charge in [-0.1, -0.05) is 0 Å². The van der Waals surface area contributed by atoms with Crippen LogP contribution < -0.4 is 4.99 Å². The molecule has 0 amide bonds. The van der Waals surface area contributed by atoms with Gasteiger partial charge in [0, 0.05) is 6.92 Å². The highest BCUT2D eigenvalue weighted by Crippen LogP contribution is 1.20. The van der Waals surface area contributed by atoms with Gasteiger partial charge in [0.05, 0.1) is 0 Å². The van der Waals surface area contributed by atoms with Crippen molar-refractivity contribution in [2.75, 3.05) is 6.54 Å². The molecular formula is C4H10N+. The van der Waals surface area contributed by atoms with Gasteiger partial charge in [-0.15, -0.1) is 0 Å². The molecule has 1 nitrogen and oxygen atoms in total. The monoisotopic (exact) mass is 75.1 g/mol. The Labute approximate surface area is 32.7 Å². The summed E-state index contributed by atoms with van der Waals surface area (Å²) in [5.74, 6) is 0. The fraction of sp³-hybridized carbons (Fsp3) is 0.750. The van der Waals surface area contributed by atoms with Crippen LogP contribution >= 0.6 is 0 Å². The molecule has 0 radical (unpaired) electrons. The molecule has 0 aliphatic heterocycles. The minimum atomic E-state index is 1.04. The number of hydrogen-bond acceptors (Lipinski definition) is 0. The van der Waals surface area contributed by atoms with Crippen LogP contribution in [0.4, 0.5) is 0 Å². The predicted molar refractivity (Wildman–Crippen MR) is 23.2 cm³/mol. The standard InChI is InChI=1S/C4H9N/c1-3-5-4-2/h3H,4H2,1-2H3/p+1/i1+1,2+1,4+1. The number of rotatable bonds is 1. The van der Waals surface area contributed by atoms with Crippen molar-refractivity contribution >= 4 is 6.21 Å². The first-order chi connectivity index (χ1) is 2.41. The van der Waals surface area contributed by atoms with Gasteiger partial charge in [-0.05, 0) is 6.92 Å². The van der Waals surface area contributed by atoms with Crippen LogP contribution in [0.1, 0.15) is 13.8 Å². The summed E-state index contributed by atoms with van der Waals surface area (Å²) in [5.41, 5.74) is 0. The lowest BCUT2D eigenvalue weighted by Gasteiger charge is -1.60. The first-order valence-electron chi connectivity index (χ1n) is 1.93. The maximum atomic E-state index is 2.99. The summed E-state index contributed by atoms with van der Waals surface area (Å²) in [7, 11) is 0. The van der Waals surface area contributed by atoms with Crippen molar-refractivity contribution in [3.8, 4) is 0 Å². The second-order valence-corrected chi connectivity index (χ2v) is 0.846. The zero-order valence-corrected chi connectivity index (χ0v) is 3.78. The molecule has 0 fully saturated rings. The summed E-state index contributed by atoms with van der Waals surface area (Å²) in [5, 5.41) is 0. The Morgan fingerprint density at radius 3 is 2.40 bits per heavy atom. The molecule has 0 heterocycles. The average Bonchev–Trinajstić information content (AvgIpc) is 1.41. The molecule has 0 aliphatic rings. The summed E-state index contributed by atoms with van der Waals surface area (Å²) in [6.45, 7) is 5.08. The Hall–Kier alpha value is -0.330. The summed E-state index contributed by atoms with van der Waals surface area (Å²) in [6.07, 6.45) is 1.93. The van der Waals surface area contributed by atoms with E-state index in [2.05, 4.69) is 11.9 Å². The molecular weight excluding hydrogens is 65.0 g/mol. The van der Waals surface area contributed by atoms with Gasteiger partial charge in [0.25, 0.3) is 0 Å². The van der Waals surface area contributed by atoms with E-state index in [1.807, 2.05) is 13.1 Å². The van der Waals surface area contributed by atoms with E-state index in [4.69, 9.17) is 0 Å². The topological polar surface area (TPSA) is 14.0 Å². The number of nitrogens with one attached hydrogen (secondary N) is 1. The van der Waals surface area contributed by atoms with Crippen LogP contribution in [0.5, 0.6) is 0 Å². The Bertz CT molecular complexity index is 30.6. The second-order valence-electron chi connectivity index (χ2n) is 0.846. The maximum Gasteiger partial charge on any atom is 0.137 e. The van der Waals surface area contributed by atoms with Gasteiger partial charge in [-0.2, -0.15) is 0 Å². The second kappa shape index (κ2) is 3.67. The summed E-state index contributed by atoms with van der Waals surface area (Å²) in [6, 6.07) is 0. The largest absolute Gasteiger partial charge is 0.252 e. The molecule has 0 aliphatic carbocycles. The van der Waals surface area contributed by atoms with Gasteiger partial charge < -0.3 is 0 Å². The SMILES string of the molecule is [13CH3]C=[NH+][13CH2][13CH3]. The van der Waals surface area contributed by atoms with Gasteiger partial charge in [0.1, 0.15) is 12.8 Å². The molecule has 0 aromatic carbocycles. The van der Waals surface area contributed by atoms with E-state index in [9.17, 15) is 0 Å². The minimum absolute atomic E-state index is 1.04. The maximum absolute atomic E-state index is 2.99. The fourth-order valence-electron chi connectivity index (χ4n) is 0.204. The molecule has 0 bridgehead atoms. The fourth-order valence-corrected chi connectivity index (χ4v) is 0.204. The highest BCUT2D eigenvalue weighted by atomic mass is 14.9. The van der Waals surface area contributed by atoms with Crippen molar-refractivity contribution in [3.05, 3.63) is 0 Å². The molecule has 0 aromatic heterocycles. The van der Waals surface area contributed by atoms with Gasteiger partial charge in [0.2, 0.25) is 0 Å². The third-order valence-electron chi connectivity index (χ3n) is 0.408. The molecule has 0 spiro atoms. The van der Waals surface area contributed by atoms with Crippen LogP contribution in [0.25, 0.3) is 0 Å². The summed E-state index contributed by atoms with van der Waals surface area (Å²) < 4.78 is 0. The van der Waals surface area contributed by atoms with Gasteiger partial charge in [-0.3, -0.25) is 4.99 Å². The third-order valence-corrected chi connectivity index (χ3v) is 0.408. The van der Waals surface area contributed by atoms with Gasteiger partial charge >= 0.3 is 0 Å². The van der Waals surface area contributed by atoms with Crippen molar-refractivity contribution in [1.82, 2.24) is 0 Å². The van der Waals surface area contributed by atoms with E-state index < -0.39 is 0 Å².